The van der Waals surface area contributed by atoms with E-state index in [1.165, 1.54) is 24.3 Å². The summed E-state index contributed by atoms with van der Waals surface area (Å²) in [5.74, 6) is -0.191. The van der Waals surface area contributed by atoms with Crippen LogP contribution in [0.3, 0.4) is 0 Å². The highest BCUT2D eigenvalue weighted by atomic mass is 35.5. The Balaban J connectivity index is 2.63. The van der Waals surface area contributed by atoms with Crippen LogP contribution in [0.4, 0.5) is 5.69 Å². The molecule has 0 saturated carbocycles. The number of rotatable bonds is 5. The fraction of sp³-hybridized carbons (Fsp3) is 0.0588. The SMILES string of the molecule is C=Cc1c(NS(=O)(=O)c2cccc(Cl)c2C)cc(Cl)c(O)c1C=C. The molecule has 0 atom stereocenters. The van der Waals surface area contributed by atoms with Crippen LogP contribution < -0.4 is 4.72 Å². The van der Waals surface area contributed by atoms with E-state index in [-0.39, 0.29) is 26.9 Å². The van der Waals surface area contributed by atoms with Crippen LogP contribution in [0.2, 0.25) is 10.0 Å². The molecule has 0 heterocycles. The molecule has 2 N–H and O–H groups in total. The third kappa shape index (κ3) is 3.29. The molecule has 2 aromatic rings. The van der Waals surface area contributed by atoms with E-state index in [1.807, 2.05) is 0 Å². The van der Waals surface area contributed by atoms with Crippen molar-refractivity contribution in [2.45, 2.75) is 11.8 Å². The normalized spacial score (nSPS) is 11.1. The number of phenols is 1. The third-order valence-electron chi connectivity index (χ3n) is 3.49. The lowest BCUT2D eigenvalue weighted by Gasteiger charge is -2.16. The van der Waals surface area contributed by atoms with Crippen molar-refractivity contribution >= 4 is 51.1 Å². The van der Waals surface area contributed by atoms with Gasteiger partial charge in [0.1, 0.15) is 5.75 Å². The predicted octanol–water partition coefficient (Wildman–Crippen LogP) is 5.09. The van der Waals surface area contributed by atoms with Crippen molar-refractivity contribution in [1.29, 1.82) is 0 Å². The highest BCUT2D eigenvalue weighted by molar-refractivity contribution is 7.92. The molecule has 0 bridgehead atoms. The minimum atomic E-state index is -3.91. The first kappa shape index (κ1) is 18.4. The summed E-state index contributed by atoms with van der Waals surface area (Å²) in [5, 5.41) is 10.3. The smallest absolute Gasteiger partial charge is 0.262 e. The predicted molar refractivity (Wildman–Crippen MR) is 100 cm³/mol. The largest absolute Gasteiger partial charge is 0.506 e. The van der Waals surface area contributed by atoms with Crippen LogP contribution >= 0.6 is 23.2 Å². The standard InChI is InChI=1S/C17H15Cl2NO3S/c1-4-11-12(5-2)17(21)14(19)9-15(11)20-24(22,23)16-8-6-7-13(18)10(16)3/h4-9,20-21H,1-2H2,3H3. The average Bonchev–Trinajstić information content (AvgIpc) is 2.52. The molecule has 0 spiro atoms. The van der Waals surface area contributed by atoms with Crippen molar-refractivity contribution in [3.05, 3.63) is 64.2 Å². The van der Waals surface area contributed by atoms with Crippen molar-refractivity contribution in [2.75, 3.05) is 4.72 Å². The van der Waals surface area contributed by atoms with Gasteiger partial charge in [0.15, 0.2) is 0 Å². The molecule has 4 nitrogen and oxygen atoms in total. The zero-order valence-corrected chi connectivity index (χ0v) is 15.1. The van der Waals surface area contributed by atoms with Crippen molar-refractivity contribution in [2.24, 2.45) is 0 Å². The lowest BCUT2D eigenvalue weighted by atomic mass is 10.0. The molecule has 0 amide bonds. The van der Waals surface area contributed by atoms with E-state index in [4.69, 9.17) is 23.2 Å². The van der Waals surface area contributed by atoms with Gasteiger partial charge in [-0.25, -0.2) is 8.42 Å². The summed E-state index contributed by atoms with van der Waals surface area (Å²) in [6.45, 7) is 8.86. The zero-order valence-electron chi connectivity index (χ0n) is 12.8. The van der Waals surface area contributed by atoms with Crippen LogP contribution in [-0.4, -0.2) is 13.5 Å². The lowest BCUT2D eigenvalue weighted by Crippen LogP contribution is -2.15. The van der Waals surface area contributed by atoms with Crippen LogP contribution in [0.5, 0.6) is 5.75 Å². The number of anilines is 1. The number of benzene rings is 2. The number of hydrogen-bond donors (Lipinski definition) is 2. The Morgan fingerprint density at radius 1 is 1.12 bits per heavy atom. The van der Waals surface area contributed by atoms with E-state index in [1.54, 1.807) is 19.1 Å². The zero-order chi connectivity index (χ0) is 18.1. The van der Waals surface area contributed by atoms with Crippen LogP contribution in [0.25, 0.3) is 12.2 Å². The van der Waals surface area contributed by atoms with Gasteiger partial charge in [-0.2, -0.15) is 0 Å². The highest BCUT2D eigenvalue weighted by Crippen LogP contribution is 2.38. The maximum Gasteiger partial charge on any atom is 0.262 e. The molecule has 2 rings (SSSR count). The average molecular weight is 384 g/mol. The quantitative estimate of drug-likeness (QED) is 0.706. The summed E-state index contributed by atoms with van der Waals surface area (Å²) in [6, 6.07) is 5.93. The number of sulfonamides is 1. The maximum absolute atomic E-state index is 12.7. The van der Waals surface area contributed by atoms with Gasteiger partial charge in [0.2, 0.25) is 0 Å². The minimum absolute atomic E-state index is 0.00369. The summed E-state index contributed by atoms with van der Waals surface area (Å²) in [7, 11) is -3.91. The van der Waals surface area contributed by atoms with Gasteiger partial charge in [-0.05, 0) is 30.7 Å². The second-order valence-electron chi connectivity index (χ2n) is 4.96. The second-order valence-corrected chi connectivity index (χ2v) is 7.42. The number of phenolic OH excluding ortho intramolecular Hbond substituents is 1. The van der Waals surface area contributed by atoms with Crippen molar-refractivity contribution in [3.8, 4) is 5.75 Å². The first-order valence-corrected chi connectivity index (χ1v) is 9.05. The topological polar surface area (TPSA) is 66.4 Å². The van der Waals surface area contributed by atoms with Gasteiger partial charge >= 0.3 is 0 Å². The van der Waals surface area contributed by atoms with Gasteiger partial charge in [-0.15, -0.1) is 0 Å². The lowest BCUT2D eigenvalue weighted by molar-refractivity contribution is 0.474. The second kappa shape index (κ2) is 6.89. The molecule has 0 aromatic heterocycles. The molecule has 0 saturated heterocycles. The Labute approximate surface area is 151 Å². The van der Waals surface area contributed by atoms with Crippen molar-refractivity contribution in [1.82, 2.24) is 0 Å². The van der Waals surface area contributed by atoms with Gasteiger partial charge in [-0.1, -0.05) is 54.6 Å². The molecule has 0 radical (unpaired) electrons. The monoisotopic (exact) mass is 383 g/mol. The van der Waals surface area contributed by atoms with Crippen molar-refractivity contribution < 1.29 is 13.5 Å². The van der Waals surface area contributed by atoms with E-state index < -0.39 is 10.0 Å². The number of nitrogens with one attached hydrogen (secondary N) is 1. The molecule has 0 aliphatic heterocycles. The molecule has 24 heavy (non-hydrogen) atoms. The Hall–Kier alpha value is -1.95. The summed E-state index contributed by atoms with van der Waals surface area (Å²) in [4.78, 5) is 0.0503. The number of aromatic hydroxyl groups is 1. The number of hydrogen-bond acceptors (Lipinski definition) is 3. The van der Waals surface area contributed by atoms with E-state index >= 15 is 0 Å². The molecule has 0 aliphatic carbocycles. The summed E-state index contributed by atoms with van der Waals surface area (Å²) in [6.07, 6.45) is 2.79. The maximum atomic E-state index is 12.7. The van der Waals surface area contributed by atoms with Gasteiger partial charge in [0, 0.05) is 16.1 Å². The Kier molecular flexibility index (Phi) is 5.28. The van der Waals surface area contributed by atoms with E-state index in [0.29, 0.717) is 16.1 Å². The molecule has 7 heteroatoms. The van der Waals surface area contributed by atoms with Crippen LogP contribution in [0, 0.1) is 6.92 Å². The van der Waals surface area contributed by atoms with Gasteiger partial charge < -0.3 is 5.11 Å². The fourth-order valence-corrected chi connectivity index (χ4v) is 4.04. The van der Waals surface area contributed by atoms with E-state index in [9.17, 15) is 13.5 Å². The third-order valence-corrected chi connectivity index (χ3v) is 5.70. The van der Waals surface area contributed by atoms with Crippen LogP contribution in [-0.2, 0) is 10.0 Å². The fourth-order valence-electron chi connectivity index (χ4n) is 2.26. The molecular formula is C17H15Cl2NO3S. The van der Waals surface area contributed by atoms with Crippen LogP contribution in [0.15, 0.2) is 42.3 Å². The summed E-state index contributed by atoms with van der Waals surface area (Å²) in [5.41, 5.74) is 1.27. The molecule has 2 aromatic carbocycles. The summed E-state index contributed by atoms with van der Waals surface area (Å²) >= 11 is 12.0. The Morgan fingerprint density at radius 2 is 1.75 bits per heavy atom. The van der Waals surface area contributed by atoms with Crippen LogP contribution in [0.1, 0.15) is 16.7 Å². The minimum Gasteiger partial charge on any atom is -0.506 e. The van der Waals surface area contributed by atoms with E-state index in [0.717, 1.165) is 0 Å². The van der Waals surface area contributed by atoms with E-state index in [2.05, 4.69) is 17.9 Å². The first-order chi connectivity index (χ1) is 11.2. The molecule has 126 valence electrons. The highest BCUT2D eigenvalue weighted by Gasteiger charge is 2.21. The Bertz CT molecular complexity index is 937. The summed E-state index contributed by atoms with van der Waals surface area (Å²) < 4.78 is 27.9. The van der Waals surface area contributed by atoms with Gasteiger partial charge in [0.25, 0.3) is 10.0 Å². The first-order valence-electron chi connectivity index (χ1n) is 6.81. The molecule has 0 fully saturated rings. The van der Waals surface area contributed by atoms with Gasteiger partial charge in [-0.3, -0.25) is 4.72 Å². The molecular weight excluding hydrogens is 369 g/mol. The number of halogens is 2. The van der Waals surface area contributed by atoms with Gasteiger partial charge in [0.05, 0.1) is 15.6 Å². The molecule has 0 unspecified atom stereocenters. The molecule has 0 aliphatic rings. The Morgan fingerprint density at radius 3 is 2.33 bits per heavy atom. The van der Waals surface area contributed by atoms with Crippen molar-refractivity contribution in [3.63, 3.8) is 0 Å².